The highest BCUT2D eigenvalue weighted by atomic mass is 32.1. The van der Waals surface area contributed by atoms with Gasteiger partial charge in [0.05, 0.1) is 17.9 Å². The highest BCUT2D eigenvalue weighted by molar-refractivity contribution is 7.13. The van der Waals surface area contributed by atoms with Crippen molar-refractivity contribution in [1.82, 2.24) is 15.4 Å². The fourth-order valence-electron chi connectivity index (χ4n) is 3.11. The number of benzene rings is 1. The maximum Gasteiger partial charge on any atom is 0.414 e. The van der Waals surface area contributed by atoms with Crippen LogP contribution in [-0.2, 0) is 4.74 Å². The fourth-order valence-corrected chi connectivity index (χ4v) is 3.63. The molecule has 1 aliphatic rings. The molecule has 1 aliphatic heterocycles. The number of hydrogen-bond acceptors (Lipinski definition) is 8. The molecule has 1 fully saturated rings. The summed E-state index contributed by atoms with van der Waals surface area (Å²) in [6.45, 7) is 3.86. The van der Waals surface area contributed by atoms with Crippen LogP contribution in [0.2, 0.25) is 0 Å². The zero-order chi connectivity index (χ0) is 22.4. The van der Waals surface area contributed by atoms with Crippen LogP contribution in [0.5, 0.6) is 0 Å². The van der Waals surface area contributed by atoms with Crippen LogP contribution in [-0.4, -0.2) is 68.0 Å². The Balaban J connectivity index is 1.55. The van der Waals surface area contributed by atoms with Crippen molar-refractivity contribution in [2.24, 2.45) is 5.73 Å². The van der Waals surface area contributed by atoms with Crippen LogP contribution >= 0.6 is 11.3 Å². The molecule has 31 heavy (non-hydrogen) atoms. The Morgan fingerprint density at radius 2 is 2.29 bits per heavy atom. The van der Waals surface area contributed by atoms with E-state index in [1.807, 2.05) is 11.8 Å². The van der Waals surface area contributed by atoms with Gasteiger partial charge in [0.2, 0.25) is 0 Å². The molecule has 0 radical (unpaired) electrons. The number of carbonyl (C=O) groups is 2. The second-order valence-electron chi connectivity index (χ2n) is 6.80. The van der Waals surface area contributed by atoms with Crippen LogP contribution in [0.3, 0.4) is 0 Å². The summed E-state index contributed by atoms with van der Waals surface area (Å²) >= 11 is 1.33. The number of nitrogens with zero attached hydrogens (tertiary/aromatic N) is 4. The van der Waals surface area contributed by atoms with E-state index in [0.717, 1.165) is 0 Å². The van der Waals surface area contributed by atoms with Gasteiger partial charge in [0.1, 0.15) is 11.9 Å². The van der Waals surface area contributed by atoms with Crippen molar-refractivity contribution in [3.05, 3.63) is 35.6 Å². The quantitative estimate of drug-likeness (QED) is 0.500. The summed E-state index contributed by atoms with van der Waals surface area (Å²) in [5.74, 6) is -0.446. The summed E-state index contributed by atoms with van der Waals surface area (Å²) in [6.07, 6.45) is 0.687. The van der Waals surface area contributed by atoms with Crippen molar-refractivity contribution in [3.8, 4) is 0 Å². The molecule has 4 N–H and O–H groups in total. The zero-order valence-corrected chi connectivity index (χ0v) is 18.2. The third kappa shape index (κ3) is 5.60. The van der Waals surface area contributed by atoms with Crippen LogP contribution < -0.4 is 26.3 Å². The molecule has 0 saturated carbocycles. The number of urea groups is 1. The number of nitrogens with two attached hydrogens (primary N) is 1. The zero-order valence-electron chi connectivity index (χ0n) is 17.4. The number of ether oxygens (including phenoxy) is 1. The summed E-state index contributed by atoms with van der Waals surface area (Å²) < 4.78 is 20.0. The molecule has 168 valence electrons. The van der Waals surface area contributed by atoms with Gasteiger partial charge in [-0.1, -0.05) is 0 Å². The third-order valence-electron chi connectivity index (χ3n) is 4.78. The second kappa shape index (κ2) is 10.4. The molecule has 0 aliphatic carbocycles. The SMILES string of the molecule is CCN(CCNN(C)C(=O)Nc1nccs1)c1ccc(N2C[C@H](CN)OC2=O)cc1F. The Labute approximate surface area is 183 Å². The molecular formula is C19H26FN7O3S. The standard InChI is InChI=1S/C19H26FN7O3S/c1-3-26(8-6-23-25(2)18(28)24-17-22-7-9-31-17)16-5-4-13(10-15(16)20)27-12-14(11-21)30-19(27)29/h4-5,7,9-10,14,23H,3,6,8,11-12,21H2,1-2H3,(H,22,24,28)/t14-/m0/s1. The molecule has 1 aromatic heterocycles. The number of thiazole rings is 1. The van der Waals surface area contributed by atoms with Crippen molar-refractivity contribution in [2.45, 2.75) is 13.0 Å². The lowest BCUT2D eigenvalue weighted by Gasteiger charge is -2.26. The molecule has 2 heterocycles. The molecule has 12 heteroatoms. The van der Waals surface area contributed by atoms with Gasteiger partial charge in [0.15, 0.2) is 5.13 Å². The molecule has 1 atom stereocenters. The van der Waals surface area contributed by atoms with E-state index < -0.39 is 18.0 Å². The number of hydrogen-bond donors (Lipinski definition) is 3. The first kappa shape index (κ1) is 22.7. The van der Waals surface area contributed by atoms with Crippen molar-refractivity contribution in [2.75, 3.05) is 54.9 Å². The van der Waals surface area contributed by atoms with E-state index in [0.29, 0.717) is 42.7 Å². The van der Waals surface area contributed by atoms with E-state index in [2.05, 4.69) is 15.7 Å². The third-order valence-corrected chi connectivity index (χ3v) is 5.47. The van der Waals surface area contributed by atoms with Crippen LogP contribution in [0.15, 0.2) is 29.8 Å². The first-order valence-electron chi connectivity index (χ1n) is 9.83. The lowest BCUT2D eigenvalue weighted by Crippen LogP contribution is -2.45. The van der Waals surface area contributed by atoms with Gasteiger partial charge in [-0.3, -0.25) is 15.2 Å². The molecule has 3 amide bonds. The van der Waals surface area contributed by atoms with Crippen molar-refractivity contribution in [3.63, 3.8) is 0 Å². The molecule has 1 aromatic carbocycles. The van der Waals surface area contributed by atoms with E-state index in [-0.39, 0.29) is 12.6 Å². The summed E-state index contributed by atoms with van der Waals surface area (Å²) in [6, 6.07) is 4.29. The van der Waals surface area contributed by atoms with Gasteiger partial charge < -0.3 is 15.4 Å². The minimum atomic E-state index is -0.529. The first-order chi connectivity index (χ1) is 14.9. The molecule has 0 unspecified atom stereocenters. The van der Waals surface area contributed by atoms with Gasteiger partial charge in [0.25, 0.3) is 0 Å². The Hall–Kier alpha value is -2.96. The van der Waals surface area contributed by atoms with E-state index in [1.165, 1.54) is 27.3 Å². The highest BCUT2D eigenvalue weighted by Gasteiger charge is 2.31. The highest BCUT2D eigenvalue weighted by Crippen LogP contribution is 2.27. The summed E-state index contributed by atoms with van der Waals surface area (Å²) in [5.41, 5.74) is 9.36. The van der Waals surface area contributed by atoms with E-state index in [4.69, 9.17) is 10.5 Å². The van der Waals surface area contributed by atoms with Crippen molar-refractivity contribution >= 4 is 40.0 Å². The van der Waals surface area contributed by atoms with Gasteiger partial charge in [-0.25, -0.2) is 24.4 Å². The van der Waals surface area contributed by atoms with Gasteiger partial charge in [-0.2, -0.15) is 0 Å². The Morgan fingerprint density at radius 3 is 2.90 bits per heavy atom. The maximum atomic E-state index is 14.8. The predicted octanol–water partition coefficient (Wildman–Crippen LogP) is 2.06. The number of hydrazine groups is 1. The minimum absolute atomic E-state index is 0.218. The molecular weight excluding hydrogens is 425 g/mol. The monoisotopic (exact) mass is 451 g/mol. The van der Waals surface area contributed by atoms with Gasteiger partial charge in [-0.05, 0) is 25.1 Å². The molecule has 2 aromatic rings. The van der Waals surface area contributed by atoms with Crippen molar-refractivity contribution in [1.29, 1.82) is 0 Å². The summed E-state index contributed by atoms with van der Waals surface area (Å²) in [4.78, 5) is 31.3. The largest absolute Gasteiger partial charge is 0.443 e. The maximum absolute atomic E-state index is 14.8. The summed E-state index contributed by atoms with van der Waals surface area (Å²) in [5, 5.41) is 6.27. The molecule has 0 bridgehead atoms. The van der Waals surface area contributed by atoms with E-state index in [1.54, 1.807) is 30.8 Å². The Morgan fingerprint density at radius 1 is 1.48 bits per heavy atom. The second-order valence-corrected chi connectivity index (χ2v) is 7.70. The number of amides is 3. The average Bonchev–Trinajstić information content (AvgIpc) is 3.40. The number of carbonyl (C=O) groups excluding carboxylic acids is 2. The van der Waals surface area contributed by atoms with Gasteiger partial charge in [0, 0.05) is 44.8 Å². The molecule has 10 nitrogen and oxygen atoms in total. The van der Waals surface area contributed by atoms with Crippen LogP contribution in [0.4, 0.5) is 30.5 Å². The van der Waals surface area contributed by atoms with Crippen LogP contribution in [0, 0.1) is 5.82 Å². The fraction of sp³-hybridized carbons (Fsp3) is 0.421. The Bertz CT molecular complexity index is 899. The first-order valence-corrected chi connectivity index (χ1v) is 10.7. The normalized spacial score (nSPS) is 15.7. The predicted molar refractivity (Wildman–Crippen MR) is 118 cm³/mol. The topological polar surface area (TPSA) is 116 Å². The number of nitrogens with one attached hydrogen (secondary N) is 2. The lowest BCUT2D eigenvalue weighted by molar-refractivity contribution is 0.145. The minimum Gasteiger partial charge on any atom is -0.443 e. The molecule has 1 saturated heterocycles. The number of cyclic esters (lactones) is 1. The lowest BCUT2D eigenvalue weighted by atomic mass is 10.2. The van der Waals surface area contributed by atoms with E-state index in [9.17, 15) is 14.0 Å². The number of aromatic nitrogens is 1. The van der Waals surface area contributed by atoms with Gasteiger partial charge >= 0.3 is 12.1 Å². The summed E-state index contributed by atoms with van der Waals surface area (Å²) in [7, 11) is 1.60. The molecule has 3 rings (SSSR count). The number of halogens is 1. The van der Waals surface area contributed by atoms with Crippen LogP contribution in [0.1, 0.15) is 6.92 Å². The average molecular weight is 452 g/mol. The van der Waals surface area contributed by atoms with Crippen molar-refractivity contribution < 1.29 is 18.7 Å². The van der Waals surface area contributed by atoms with Crippen LogP contribution in [0.25, 0.3) is 0 Å². The number of rotatable bonds is 9. The van der Waals surface area contributed by atoms with Gasteiger partial charge in [-0.15, -0.1) is 11.3 Å². The van der Waals surface area contributed by atoms with E-state index >= 15 is 0 Å². The Kier molecular flexibility index (Phi) is 7.60. The molecule has 0 spiro atoms. The smallest absolute Gasteiger partial charge is 0.414 e. The number of likely N-dealkylation sites (N-methyl/N-ethyl adjacent to an activating group) is 1. The number of anilines is 3.